The van der Waals surface area contributed by atoms with Gasteiger partial charge in [0.25, 0.3) is 15.9 Å². The van der Waals surface area contributed by atoms with Gasteiger partial charge in [0.2, 0.25) is 0 Å². The lowest BCUT2D eigenvalue weighted by molar-refractivity contribution is 0.0746. The average Bonchev–Trinajstić information content (AvgIpc) is 2.87. The molecule has 0 unspecified atom stereocenters. The van der Waals surface area contributed by atoms with Gasteiger partial charge in [-0.15, -0.1) is 0 Å². The number of hydrogen-bond donors (Lipinski definition) is 1. The molecule has 1 aliphatic rings. The van der Waals surface area contributed by atoms with E-state index in [1.807, 2.05) is 11.8 Å². The summed E-state index contributed by atoms with van der Waals surface area (Å²) < 4.78 is 33.5. The number of rotatable bonds is 7. The summed E-state index contributed by atoms with van der Waals surface area (Å²) in [5.41, 5.74) is 4.66. The van der Waals surface area contributed by atoms with E-state index in [4.69, 9.17) is 4.74 Å². The second-order valence-electron chi connectivity index (χ2n) is 8.59. The maximum Gasteiger partial charge on any atom is 0.261 e. The van der Waals surface area contributed by atoms with Crippen LogP contribution in [0.5, 0.6) is 5.75 Å². The van der Waals surface area contributed by atoms with Crippen molar-refractivity contribution in [3.05, 3.63) is 83.4 Å². The molecule has 1 N–H and O–H groups in total. The third-order valence-corrected chi connectivity index (χ3v) is 7.71. The number of piperazine rings is 1. The van der Waals surface area contributed by atoms with E-state index in [0.29, 0.717) is 36.7 Å². The van der Waals surface area contributed by atoms with Gasteiger partial charge in [-0.3, -0.25) is 9.52 Å². The van der Waals surface area contributed by atoms with Crippen molar-refractivity contribution in [3.8, 4) is 5.75 Å². The van der Waals surface area contributed by atoms with Gasteiger partial charge in [-0.2, -0.15) is 0 Å². The molecule has 1 saturated heterocycles. The number of hydrogen-bond acceptors (Lipinski definition) is 5. The number of amides is 1. The third-order valence-electron chi connectivity index (χ3n) is 6.31. The normalized spacial score (nSPS) is 14.0. The minimum absolute atomic E-state index is 0.0889. The van der Waals surface area contributed by atoms with Gasteiger partial charge in [0.15, 0.2) is 0 Å². The van der Waals surface area contributed by atoms with Crippen molar-refractivity contribution >= 4 is 27.3 Å². The molecule has 8 heteroatoms. The zero-order chi connectivity index (χ0) is 25.0. The molecule has 3 aromatic carbocycles. The van der Waals surface area contributed by atoms with Crippen LogP contribution < -0.4 is 14.4 Å². The predicted octanol–water partition coefficient (Wildman–Crippen LogP) is 4.47. The molecule has 35 heavy (non-hydrogen) atoms. The van der Waals surface area contributed by atoms with Crippen molar-refractivity contribution in [1.82, 2.24) is 4.90 Å². The first-order chi connectivity index (χ1) is 16.8. The van der Waals surface area contributed by atoms with Crippen molar-refractivity contribution < 1.29 is 17.9 Å². The number of anilines is 2. The van der Waals surface area contributed by atoms with E-state index in [2.05, 4.69) is 41.7 Å². The van der Waals surface area contributed by atoms with Gasteiger partial charge in [-0.1, -0.05) is 12.1 Å². The Bertz CT molecular complexity index is 1280. The first-order valence-corrected chi connectivity index (χ1v) is 13.2. The molecule has 0 spiro atoms. The quantitative estimate of drug-likeness (QED) is 0.526. The van der Waals surface area contributed by atoms with Crippen molar-refractivity contribution in [2.45, 2.75) is 25.7 Å². The molecule has 184 valence electrons. The molecule has 0 saturated carbocycles. The maximum absolute atomic E-state index is 13.0. The molecule has 1 aliphatic heterocycles. The van der Waals surface area contributed by atoms with Crippen molar-refractivity contribution in [3.63, 3.8) is 0 Å². The van der Waals surface area contributed by atoms with Gasteiger partial charge in [0.1, 0.15) is 5.75 Å². The molecule has 1 amide bonds. The standard InChI is InChI=1S/C27H31N3O4S/c1-4-34-24-12-10-23(11-13-24)28-35(32,33)25-14-8-22(9-15-25)27(31)30-18-16-29(17-19-30)26-7-5-6-20(2)21(26)3/h5-15,28H,4,16-19H2,1-3H3. The van der Waals surface area contributed by atoms with Crippen molar-refractivity contribution in [1.29, 1.82) is 0 Å². The summed E-state index contributed by atoms with van der Waals surface area (Å²) in [6.07, 6.45) is 0. The topological polar surface area (TPSA) is 78.9 Å². The second kappa shape index (κ2) is 10.4. The van der Waals surface area contributed by atoms with E-state index < -0.39 is 10.0 Å². The number of nitrogens with one attached hydrogen (secondary N) is 1. The molecule has 4 rings (SSSR count). The Morgan fingerprint density at radius 2 is 1.57 bits per heavy atom. The highest BCUT2D eigenvalue weighted by Gasteiger charge is 2.24. The zero-order valence-electron chi connectivity index (χ0n) is 20.3. The van der Waals surface area contributed by atoms with E-state index in [0.717, 1.165) is 13.1 Å². The summed E-state index contributed by atoms with van der Waals surface area (Å²) in [4.78, 5) is 17.3. The van der Waals surface area contributed by atoms with E-state index >= 15 is 0 Å². The van der Waals surface area contributed by atoms with Gasteiger partial charge < -0.3 is 14.5 Å². The van der Waals surface area contributed by atoms with E-state index in [-0.39, 0.29) is 10.8 Å². The summed E-state index contributed by atoms with van der Waals surface area (Å²) in [6, 6.07) is 19.1. The zero-order valence-corrected chi connectivity index (χ0v) is 21.1. The molecule has 0 bridgehead atoms. The number of aryl methyl sites for hydroxylation is 1. The highest BCUT2D eigenvalue weighted by Crippen LogP contribution is 2.25. The Hall–Kier alpha value is -3.52. The summed E-state index contributed by atoms with van der Waals surface area (Å²) in [5, 5.41) is 0. The van der Waals surface area contributed by atoms with Crippen LogP contribution in [0.25, 0.3) is 0 Å². The highest BCUT2D eigenvalue weighted by atomic mass is 32.2. The first-order valence-electron chi connectivity index (χ1n) is 11.7. The van der Waals surface area contributed by atoms with Crippen LogP contribution in [0.15, 0.2) is 71.6 Å². The van der Waals surface area contributed by atoms with Crippen LogP contribution in [0.4, 0.5) is 11.4 Å². The lowest BCUT2D eigenvalue weighted by Gasteiger charge is -2.37. The monoisotopic (exact) mass is 493 g/mol. The molecule has 0 atom stereocenters. The molecule has 1 fully saturated rings. The summed E-state index contributed by atoms with van der Waals surface area (Å²) in [6.45, 7) is 9.41. The number of carbonyl (C=O) groups excluding carboxylic acids is 1. The van der Waals surface area contributed by atoms with Crippen LogP contribution in [0.3, 0.4) is 0 Å². The molecule has 3 aromatic rings. The fourth-order valence-electron chi connectivity index (χ4n) is 4.19. The maximum atomic E-state index is 13.0. The third kappa shape index (κ3) is 5.59. The lowest BCUT2D eigenvalue weighted by Crippen LogP contribution is -2.49. The average molecular weight is 494 g/mol. The van der Waals surface area contributed by atoms with Crippen LogP contribution in [0, 0.1) is 13.8 Å². The molecule has 0 aliphatic carbocycles. The Kier molecular flexibility index (Phi) is 7.31. The molecular weight excluding hydrogens is 462 g/mol. The van der Waals surface area contributed by atoms with E-state index in [1.54, 1.807) is 36.4 Å². The van der Waals surface area contributed by atoms with Crippen LogP contribution in [-0.2, 0) is 10.0 Å². The highest BCUT2D eigenvalue weighted by molar-refractivity contribution is 7.92. The van der Waals surface area contributed by atoms with Gasteiger partial charge in [0.05, 0.1) is 11.5 Å². The molecular formula is C27H31N3O4S. The molecule has 7 nitrogen and oxygen atoms in total. The molecule has 1 heterocycles. The summed E-state index contributed by atoms with van der Waals surface area (Å²) in [7, 11) is -3.77. The van der Waals surface area contributed by atoms with Gasteiger partial charge in [-0.25, -0.2) is 8.42 Å². The minimum atomic E-state index is -3.77. The molecule has 0 aromatic heterocycles. The predicted molar refractivity (Wildman–Crippen MR) is 139 cm³/mol. The fraction of sp³-hybridized carbons (Fsp3) is 0.296. The summed E-state index contributed by atoms with van der Waals surface area (Å²) >= 11 is 0. The van der Waals surface area contributed by atoms with Gasteiger partial charge in [0, 0.05) is 43.1 Å². The number of ether oxygens (including phenoxy) is 1. The smallest absolute Gasteiger partial charge is 0.261 e. The van der Waals surface area contributed by atoms with E-state index in [1.165, 1.54) is 28.9 Å². The second-order valence-corrected chi connectivity index (χ2v) is 10.3. The Balaban J connectivity index is 1.38. The largest absolute Gasteiger partial charge is 0.494 e. The first kappa shape index (κ1) is 24.6. The number of carbonyl (C=O) groups is 1. The van der Waals surface area contributed by atoms with Crippen molar-refractivity contribution in [2.24, 2.45) is 0 Å². The Labute approximate surface area is 207 Å². The number of sulfonamides is 1. The number of nitrogens with zero attached hydrogens (tertiary/aromatic N) is 2. The Morgan fingerprint density at radius 1 is 0.914 bits per heavy atom. The van der Waals surface area contributed by atoms with Crippen LogP contribution >= 0.6 is 0 Å². The van der Waals surface area contributed by atoms with Crippen molar-refractivity contribution in [2.75, 3.05) is 42.4 Å². The van der Waals surface area contributed by atoms with Gasteiger partial charge >= 0.3 is 0 Å². The van der Waals surface area contributed by atoms with E-state index in [9.17, 15) is 13.2 Å². The van der Waals surface area contributed by atoms with Crippen LogP contribution in [-0.4, -0.2) is 52.0 Å². The van der Waals surface area contributed by atoms with Crippen LogP contribution in [0.2, 0.25) is 0 Å². The SMILES string of the molecule is CCOc1ccc(NS(=O)(=O)c2ccc(C(=O)N3CCN(c4cccc(C)c4C)CC3)cc2)cc1. The number of benzene rings is 3. The van der Waals surface area contributed by atoms with Gasteiger partial charge in [-0.05, 0) is 86.5 Å². The fourth-order valence-corrected chi connectivity index (χ4v) is 5.25. The Morgan fingerprint density at radius 3 is 2.20 bits per heavy atom. The molecule has 0 radical (unpaired) electrons. The minimum Gasteiger partial charge on any atom is -0.494 e. The lowest BCUT2D eigenvalue weighted by atomic mass is 10.1. The summed E-state index contributed by atoms with van der Waals surface area (Å²) in [5.74, 6) is 0.585. The van der Waals surface area contributed by atoms with Crippen LogP contribution in [0.1, 0.15) is 28.4 Å².